The third kappa shape index (κ3) is 3.41. The zero-order valence-electron chi connectivity index (χ0n) is 15.1. The van der Waals surface area contributed by atoms with Crippen LogP contribution in [0.2, 0.25) is 0 Å². The molecule has 2 fully saturated rings. The molecule has 2 aromatic rings. The number of nitrogens with zero attached hydrogens (tertiary/aromatic N) is 1. The fraction of sp³-hybridized carbons (Fsp3) is 0.429. The number of fused-ring (bicyclic) bond motifs is 1. The van der Waals surface area contributed by atoms with Gasteiger partial charge in [0.2, 0.25) is 0 Å². The van der Waals surface area contributed by atoms with Crippen LogP contribution in [-0.4, -0.2) is 50.6 Å². The first-order chi connectivity index (χ1) is 13.4. The molecule has 0 saturated carbocycles. The largest absolute Gasteiger partial charge is 0.476 e. The molecular weight excluding hydrogens is 346 g/mol. The van der Waals surface area contributed by atoms with Crippen molar-refractivity contribution in [1.29, 1.82) is 0 Å². The second kappa shape index (κ2) is 7.48. The fourth-order valence-corrected chi connectivity index (χ4v) is 3.77. The van der Waals surface area contributed by atoms with E-state index < -0.39 is 0 Å². The highest BCUT2D eigenvalue weighted by Crippen LogP contribution is 2.42. The van der Waals surface area contributed by atoms with Gasteiger partial charge in [-0.2, -0.15) is 0 Å². The van der Waals surface area contributed by atoms with E-state index in [-0.39, 0.29) is 18.6 Å². The molecule has 2 aromatic carbocycles. The van der Waals surface area contributed by atoms with E-state index in [0.29, 0.717) is 26.4 Å². The molecule has 0 amide bonds. The number of benzene rings is 2. The van der Waals surface area contributed by atoms with E-state index in [0.717, 1.165) is 35.7 Å². The normalized spacial score (nSPS) is 26.2. The lowest BCUT2D eigenvalue weighted by Gasteiger charge is -2.42. The molecule has 6 heteroatoms. The van der Waals surface area contributed by atoms with Crippen LogP contribution >= 0.6 is 0 Å². The van der Waals surface area contributed by atoms with Crippen LogP contribution < -0.4 is 9.47 Å². The molecule has 0 aliphatic carbocycles. The molecule has 6 nitrogen and oxygen atoms in total. The maximum absolute atomic E-state index is 6.47. The third-order valence-electron chi connectivity index (χ3n) is 5.16. The predicted octanol–water partition coefficient (Wildman–Crippen LogP) is 2.90. The van der Waals surface area contributed by atoms with E-state index in [9.17, 15) is 0 Å². The van der Waals surface area contributed by atoms with Crippen molar-refractivity contribution in [1.82, 2.24) is 4.90 Å². The molecule has 0 spiro atoms. The molecule has 0 bridgehead atoms. The van der Waals surface area contributed by atoms with Crippen molar-refractivity contribution >= 4 is 0 Å². The van der Waals surface area contributed by atoms with Gasteiger partial charge in [-0.3, -0.25) is 4.90 Å². The lowest BCUT2D eigenvalue weighted by Crippen LogP contribution is -2.51. The van der Waals surface area contributed by atoms with Gasteiger partial charge in [0.25, 0.3) is 0 Å². The van der Waals surface area contributed by atoms with E-state index in [4.69, 9.17) is 23.7 Å². The van der Waals surface area contributed by atoms with Gasteiger partial charge in [-0.1, -0.05) is 36.4 Å². The van der Waals surface area contributed by atoms with Crippen LogP contribution in [0.25, 0.3) is 0 Å². The lowest BCUT2D eigenvalue weighted by atomic mass is 10.0. The Morgan fingerprint density at radius 3 is 2.30 bits per heavy atom. The third-order valence-corrected chi connectivity index (χ3v) is 5.16. The van der Waals surface area contributed by atoms with E-state index >= 15 is 0 Å². The van der Waals surface area contributed by atoms with Gasteiger partial charge in [0.15, 0.2) is 30.1 Å². The minimum absolute atomic E-state index is 0.186. The standard InChI is InChI=1S/C21H23NO5/c1-2-4-15(5-3-1)19-20(22-8-10-23-11-9-22)27-17-7-6-16(14-18(17)26-19)21-24-12-13-25-21/h1-7,14,19-21H,8-13H2. The summed E-state index contributed by atoms with van der Waals surface area (Å²) in [7, 11) is 0. The van der Waals surface area contributed by atoms with Crippen LogP contribution in [0, 0.1) is 0 Å². The average molecular weight is 369 g/mol. The second-order valence-electron chi connectivity index (χ2n) is 6.89. The molecule has 2 unspecified atom stereocenters. The molecule has 142 valence electrons. The lowest BCUT2D eigenvalue weighted by molar-refractivity contribution is -0.109. The first kappa shape index (κ1) is 17.0. The maximum Gasteiger partial charge on any atom is 0.194 e. The Morgan fingerprint density at radius 2 is 1.52 bits per heavy atom. The Kier molecular flexibility index (Phi) is 4.71. The SMILES string of the molecule is c1ccc(C2Oc3cc(C4OCCO4)ccc3OC2N2CCOCC2)cc1. The molecule has 5 rings (SSSR count). The van der Waals surface area contributed by atoms with E-state index in [1.165, 1.54) is 0 Å². The summed E-state index contributed by atoms with van der Waals surface area (Å²) in [6, 6.07) is 16.1. The minimum atomic E-state index is -0.328. The highest BCUT2D eigenvalue weighted by Gasteiger charge is 2.38. The summed E-state index contributed by atoms with van der Waals surface area (Å²) in [4.78, 5) is 2.29. The van der Waals surface area contributed by atoms with E-state index in [1.807, 2.05) is 36.4 Å². The summed E-state index contributed by atoms with van der Waals surface area (Å²) >= 11 is 0. The van der Waals surface area contributed by atoms with Crippen molar-refractivity contribution in [3.05, 3.63) is 59.7 Å². The van der Waals surface area contributed by atoms with Gasteiger partial charge < -0.3 is 23.7 Å². The molecule has 3 aliphatic rings. The number of hydrogen-bond acceptors (Lipinski definition) is 6. The quantitative estimate of drug-likeness (QED) is 0.829. The van der Waals surface area contributed by atoms with Crippen molar-refractivity contribution in [3.63, 3.8) is 0 Å². The topological polar surface area (TPSA) is 49.4 Å². The van der Waals surface area contributed by atoms with E-state index in [1.54, 1.807) is 0 Å². The first-order valence-corrected chi connectivity index (χ1v) is 9.46. The van der Waals surface area contributed by atoms with Gasteiger partial charge >= 0.3 is 0 Å². The van der Waals surface area contributed by atoms with Crippen molar-refractivity contribution in [2.24, 2.45) is 0 Å². The Labute approximate surface area is 158 Å². The Bertz CT molecular complexity index is 771. The number of morpholine rings is 1. The Morgan fingerprint density at radius 1 is 0.741 bits per heavy atom. The molecule has 2 atom stereocenters. The van der Waals surface area contributed by atoms with Crippen LogP contribution in [0.5, 0.6) is 11.5 Å². The molecule has 3 aliphatic heterocycles. The predicted molar refractivity (Wildman–Crippen MR) is 97.7 cm³/mol. The van der Waals surface area contributed by atoms with Crippen molar-refractivity contribution in [2.75, 3.05) is 39.5 Å². The van der Waals surface area contributed by atoms with Gasteiger partial charge in [0.1, 0.15) is 0 Å². The van der Waals surface area contributed by atoms with Crippen LogP contribution in [0.1, 0.15) is 23.5 Å². The van der Waals surface area contributed by atoms with Crippen LogP contribution in [0.15, 0.2) is 48.5 Å². The van der Waals surface area contributed by atoms with Gasteiger partial charge in [-0.15, -0.1) is 0 Å². The van der Waals surface area contributed by atoms with Crippen LogP contribution in [0.4, 0.5) is 0 Å². The van der Waals surface area contributed by atoms with Crippen LogP contribution in [-0.2, 0) is 14.2 Å². The van der Waals surface area contributed by atoms with Gasteiger partial charge in [-0.25, -0.2) is 0 Å². The zero-order chi connectivity index (χ0) is 18.1. The summed E-state index contributed by atoms with van der Waals surface area (Å²) in [6.45, 7) is 4.31. The molecule has 2 saturated heterocycles. The number of ether oxygens (including phenoxy) is 5. The molecular formula is C21H23NO5. The number of hydrogen-bond donors (Lipinski definition) is 0. The highest BCUT2D eigenvalue weighted by atomic mass is 16.7. The summed E-state index contributed by atoms with van der Waals surface area (Å²) in [5.41, 5.74) is 2.05. The van der Waals surface area contributed by atoms with Crippen LogP contribution in [0.3, 0.4) is 0 Å². The molecule has 27 heavy (non-hydrogen) atoms. The van der Waals surface area contributed by atoms with Gasteiger partial charge in [-0.05, 0) is 17.7 Å². The average Bonchev–Trinajstić information content (AvgIpc) is 3.29. The van der Waals surface area contributed by atoms with E-state index in [2.05, 4.69) is 17.0 Å². The van der Waals surface area contributed by atoms with Crippen molar-refractivity contribution in [3.8, 4) is 11.5 Å². The fourth-order valence-electron chi connectivity index (χ4n) is 3.77. The highest BCUT2D eigenvalue weighted by molar-refractivity contribution is 5.45. The maximum atomic E-state index is 6.47. The summed E-state index contributed by atoms with van der Waals surface area (Å²) in [6.07, 6.45) is -0.725. The van der Waals surface area contributed by atoms with Gasteiger partial charge in [0, 0.05) is 18.7 Å². The smallest absolute Gasteiger partial charge is 0.194 e. The summed E-state index contributed by atoms with van der Waals surface area (Å²) in [5, 5.41) is 0. The molecule has 0 aromatic heterocycles. The first-order valence-electron chi connectivity index (χ1n) is 9.46. The minimum Gasteiger partial charge on any atom is -0.476 e. The molecule has 3 heterocycles. The summed E-state index contributed by atoms with van der Waals surface area (Å²) < 4.78 is 29.6. The monoisotopic (exact) mass is 369 g/mol. The molecule has 0 radical (unpaired) electrons. The summed E-state index contributed by atoms with van der Waals surface area (Å²) in [5.74, 6) is 1.48. The second-order valence-corrected chi connectivity index (χ2v) is 6.89. The van der Waals surface area contributed by atoms with Crippen molar-refractivity contribution in [2.45, 2.75) is 18.6 Å². The zero-order valence-corrected chi connectivity index (χ0v) is 15.1. The van der Waals surface area contributed by atoms with Gasteiger partial charge in [0.05, 0.1) is 26.4 Å². The molecule has 0 N–H and O–H groups in total. The Balaban J connectivity index is 1.47. The number of rotatable bonds is 3. The van der Waals surface area contributed by atoms with Crippen molar-refractivity contribution < 1.29 is 23.7 Å². The Hall–Kier alpha value is -2.12.